The second-order valence-electron chi connectivity index (χ2n) is 5.60. The van der Waals surface area contributed by atoms with Crippen LogP contribution < -0.4 is 0 Å². The van der Waals surface area contributed by atoms with Gasteiger partial charge in [-0.1, -0.05) is 17.3 Å². The van der Waals surface area contributed by atoms with E-state index in [0.717, 1.165) is 17.8 Å². The first-order valence-corrected chi connectivity index (χ1v) is 7.51. The quantitative estimate of drug-likeness (QED) is 0.728. The molecule has 0 aliphatic carbocycles. The minimum Gasteiger partial charge on any atom is -0.331 e. The maximum Gasteiger partial charge on any atom is 0.254 e. The Hall–Kier alpha value is -2.96. The van der Waals surface area contributed by atoms with E-state index < -0.39 is 0 Å². The molecule has 4 rings (SSSR count). The summed E-state index contributed by atoms with van der Waals surface area (Å²) in [5, 5.41) is 7.73. The fraction of sp³-hybridized carbons (Fsp3) is 0.250. The first-order chi connectivity index (χ1) is 11.3. The molecule has 1 amide bonds. The fourth-order valence-electron chi connectivity index (χ4n) is 2.80. The predicted molar refractivity (Wildman–Crippen MR) is 82.5 cm³/mol. The summed E-state index contributed by atoms with van der Waals surface area (Å²) in [6.45, 7) is 2.77. The van der Waals surface area contributed by atoms with E-state index >= 15 is 0 Å². The highest BCUT2D eigenvalue weighted by Gasteiger charge is 2.21. The molecule has 0 N–H and O–H groups in total. The lowest BCUT2D eigenvalue weighted by Crippen LogP contribution is -2.37. The molecule has 0 fully saturated rings. The first kappa shape index (κ1) is 13.7. The molecule has 1 aliphatic heterocycles. The predicted octanol–water partition coefficient (Wildman–Crippen LogP) is 1.18. The van der Waals surface area contributed by atoms with Gasteiger partial charge in [0.25, 0.3) is 5.91 Å². The largest absolute Gasteiger partial charge is 0.331 e. The maximum atomic E-state index is 12.6. The molecule has 2 aromatic heterocycles. The maximum absolute atomic E-state index is 12.6. The van der Waals surface area contributed by atoms with Gasteiger partial charge < -0.3 is 9.47 Å². The van der Waals surface area contributed by atoms with Gasteiger partial charge >= 0.3 is 0 Å². The molecule has 0 atom stereocenters. The van der Waals surface area contributed by atoms with Gasteiger partial charge in [-0.05, 0) is 17.7 Å². The van der Waals surface area contributed by atoms with Crippen LogP contribution in [0.2, 0.25) is 0 Å². The van der Waals surface area contributed by atoms with Gasteiger partial charge in [0.1, 0.15) is 0 Å². The molecule has 3 heterocycles. The molecule has 0 bridgehead atoms. The first-order valence-electron chi connectivity index (χ1n) is 7.51. The molecule has 0 unspecified atom stereocenters. The van der Waals surface area contributed by atoms with E-state index in [1.807, 2.05) is 47.9 Å². The second-order valence-corrected chi connectivity index (χ2v) is 5.60. The van der Waals surface area contributed by atoms with Gasteiger partial charge in [-0.15, -0.1) is 5.10 Å². The summed E-state index contributed by atoms with van der Waals surface area (Å²) in [6, 6.07) is 7.67. The van der Waals surface area contributed by atoms with Crippen molar-refractivity contribution in [3.05, 3.63) is 66.0 Å². The highest BCUT2D eigenvalue weighted by molar-refractivity contribution is 5.94. The van der Waals surface area contributed by atoms with Crippen molar-refractivity contribution in [3.8, 4) is 0 Å². The minimum atomic E-state index is 0.0600. The van der Waals surface area contributed by atoms with Gasteiger partial charge in [0.15, 0.2) is 0 Å². The average molecular weight is 308 g/mol. The van der Waals surface area contributed by atoms with Crippen LogP contribution in [0.15, 0.2) is 49.2 Å². The number of imidazole rings is 1. The van der Waals surface area contributed by atoms with Crippen molar-refractivity contribution in [2.75, 3.05) is 6.54 Å². The standard InChI is InChI=1S/C16H16N6O/c23-16(20-7-8-21-12-17-9-15(21)11-20)14-3-1-13(2-4-14)10-22-6-5-18-19-22/h1-6,9,12H,7-8,10-11H2. The Morgan fingerprint density at radius 2 is 2.04 bits per heavy atom. The zero-order valence-corrected chi connectivity index (χ0v) is 12.5. The molecule has 116 valence electrons. The lowest BCUT2D eigenvalue weighted by atomic mass is 10.1. The van der Waals surface area contributed by atoms with Crippen molar-refractivity contribution < 1.29 is 4.79 Å². The van der Waals surface area contributed by atoms with E-state index in [0.29, 0.717) is 25.2 Å². The van der Waals surface area contributed by atoms with Crippen LogP contribution in [0.25, 0.3) is 0 Å². The van der Waals surface area contributed by atoms with Crippen LogP contribution in [0, 0.1) is 0 Å². The van der Waals surface area contributed by atoms with Crippen molar-refractivity contribution in [2.24, 2.45) is 0 Å². The Bertz CT molecular complexity index is 805. The van der Waals surface area contributed by atoms with Crippen molar-refractivity contribution in [1.82, 2.24) is 29.4 Å². The van der Waals surface area contributed by atoms with Gasteiger partial charge in [0.05, 0.1) is 31.3 Å². The van der Waals surface area contributed by atoms with E-state index in [1.165, 1.54) is 0 Å². The summed E-state index contributed by atoms with van der Waals surface area (Å²) in [6.07, 6.45) is 7.10. The summed E-state index contributed by atoms with van der Waals surface area (Å²) in [5.41, 5.74) is 2.87. The number of hydrogen-bond acceptors (Lipinski definition) is 4. The molecular weight excluding hydrogens is 292 g/mol. The Morgan fingerprint density at radius 1 is 1.17 bits per heavy atom. The number of amides is 1. The fourth-order valence-corrected chi connectivity index (χ4v) is 2.80. The van der Waals surface area contributed by atoms with Crippen LogP contribution in [-0.2, 0) is 19.6 Å². The molecule has 7 heteroatoms. The number of carbonyl (C=O) groups is 1. The summed E-state index contributed by atoms with van der Waals surface area (Å²) in [7, 11) is 0. The molecule has 3 aromatic rings. The van der Waals surface area contributed by atoms with E-state index in [-0.39, 0.29) is 5.91 Å². The van der Waals surface area contributed by atoms with Crippen LogP contribution in [0.5, 0.6) is 0 Å². The van der Waals surface area contributed by atoms with Crippen LogP contribution >= 0.6 is 0 Å². The number of carbonyl (C=O) groups excluding carboxylic acids is 1. The van der Waals surface area contributed by atoms with Crippen LogP contribution in [0.4, 0.5) is 0 Å². The molecule has 7 nitrogen and oxygen atoms in total. The van der Waals surface area contributed by atoms with Gasteiger partial charge in [-0.3, -0.25) is 4.79 Å². The van der Waals surface area contributed by atoms with Gasteiger partial charge in [-0.2, -0.15) is 0 Å². The number of fused-ring (bicyclic) bond motifs is 1. The number of benzene rings is 1. The highest BCUT2D eigenvalue weighted by Crippen LogP contribution is 2.15. The Balaban J connectivity index is 1.46. The highest BCUT2D eigenvalue weighted by atomic mass is 16.2. The summed E-state index contributed by atoms with van der Waals surface area (Å²) < 4.78 is 3.84. The van der Waals surface area contributed by atoms with Gasteiger partial charge in [0.2, 0.25) is 0 Å². The monoisotopic (exact) mass is 308 g/mol. The third kappa shape index (κ3) is 2.73. The smallest absolute Gasteiger partial charge is 0.254 e. The number of hydrogen-bond donors (Lipinski definition) is 0. The normalized spacial score (nSPS) is 13.8. The van der Waals surface area contributed by atoms with Crippen LogP contribution in [0.3, 0.4) is 0 Å². The minimum absolute atomic E-state index is 0.0600. The van der Waals surface area contributed by atoms with E-state index in [4.69, 9.17) is 0 Å². The zero-order chi connectivity index (χ0) is 15.6. The van der Waals surface area contributed by atoms with Crippen molar-refractivity contribution >= 4 is 5.91 Å². The molecule has 23 heavy (non-hydrogen) atoms. The third-order valence-electron chi connectivity index (χ3n) is 4.07. The second kappa shape index (κ2) is 5.68. The zero-order valence-electron chi connectivity index (χ0n) is 12.5. The molecular formula is C16H16N6O. The van der Waals surface area contributed by atoms with E-state index in [9.17, 15) is 4.79 Å². The van der Waals surface area contributed by atoms with Gasteiger partial charge in [0, 0.05) is 31.0 Å². The Labute approximate surface area is 133 Å². The molecule has 1 aromatic carbocycles. The summed E-state index contributed by atoms with van der Waals surface area (Å²) >= 11 is 0. The van der Waals surface area contributed by atoms with Crippen molar-refractivity contribution in [1.29, 1.82) is 0 Å². The molecule has 1 aliphatic rings. The molecule has 0 radical (unpaired) electrons. The van der Waals surface area contributed by atoms with Gasteiger partial charge in [-0.25, -0.2) is 9.67 Å². The van der Waals surface area contributed by atoms with Crippen LogP contribution in [-0.4, -0.2) is 41.9 Å². The van der Waals surface area contributed by atoms with E-state index in [2.05, 4.69) is 19.9 Å². The molecule has 0 saturated heterocycles. The van der Waals surface area contributed by atoms with Crippen molar-refractivity contribution in [3.63, 3.8) is 0 Å². The summed E-state index contributed by atoms with van der Waals surface area (Å²) in [4.78, 5) is 18.6. The third-order valence-corrected chi connectivity index (χ3v) is 4.07. The lowest BCUT2D eigenvalue weighted by Gasteiger charge is -2.28. The number of nitrogens with zero attached hydrogens (tertiary/aromatic N) is 6. The average Bonchev–Trinajstić information content (AvgIpc) is 3.25. The molecule has 0 saturated carbocycles. The van der Waals surface area contributed by atoms with Crippen LogP contribution in [0.1, 0.15) is 21.6 Å². The SMILES string of the molecule is O=C(c1ccc(Cn2ccnn2)cc1)N1CCn2cncc2C1. The van der Waals surface area contributed by atoms with Crippen molar-refractivity contribution in [2.45, 2.75) is 19.6 Å². The number of aromatic nitrogens is 5. The Kier molecular flexibility index (Phi) is 3.38. The number of rotatable bonds is 3. The Morgan fingerprint density at radius 3 is 2.83 bits per heavy atom. The van der Waals surface area contributed by atoms with E-state index in [1.54, 1.807) is 10.9 Å². The lowest BCUT2D eigenvalue weighted by molar-refractivity contribution is 0.0711. The summed E-state index contributed by atoms with van der Waals surface area (Å²) in [5.74, 6) is 0.0600. The topological polar surface area (TPSA) is 68.8 Å². The molecule has 0 spiro atoms.